The van der Waals surface area contributed by atoms with E-state index >= 15 is 0 Å². The number of benzene rings is 1. The van der Waals surface area contributed by atoms with Gasteiger partial charge in [-0.2, -0.15) is 0 Å². The standard InChI is InChI=1S/C18H22Cl2N2O4/c1-5-25-16-11(19)7-10(8-12(16)20)15-13(17(23)26-6-2)14(9(3)4)21-18(24)22-15/h7-9,15H,5-6H2,1-4H3,(H2,21,22,24). The third kappa shape index (κ3) is 4.24. The molecule has 0 fully saturated rings. The summed E-state index contributed by atoms with van der Waals surface area (Å²) in [7, 11) is 0. The fourth-order valence-electron chi connectivity index (χ4n) is 2.75. The summed E-state index contributed by atoms with van der Waals surface area (Å²) in [5.41, 5.74) is 1.41. The lowest BCUT2D eigenvalue weighted by molar-refractivity contribution is -0.139. The molecule has 1 aliphatic heterocycles. The number of nitrogens with one attached hydrogen (secondary N) is 2. The van der Waals surface area contributed by atoms with E-state index in [-0.39, 0.29) is 12.5 Å². The summed E-state index contributed by atoms with van der Waals surface area (Å²) >= 11 is 12.6. The molecule has 1 aliphatic rings. The second-order valence-corrected chi connectivity index (χ2v) is 6.80. The Kier molecular flexibility index (Phi) is 6.78. The molecule has 26 heavy (non-hydrogen) atoms. The molecule has 0 aromatic heterocycles. The maximum Gasteiger partial charge on any atom is 0.338 e. The highest BCUT2D eigenvalue weighted by Gasteiger charge is 2.35. The highest BCUT2D eigenvalue weighted by molar-refractivity contribution is 6.37. The first-order valence-electron chi connectivity index (χ1n) is 8.40. The summed E-state index contributed by atoms with van der Waals surface area (Å²) < 4.78 is 10.6. The number of carbonyl (C=O) groups excluding carboxylic acids is 2. The van der Waals surface area contributed by atoms with Crippen LogP contribution in [0.4, 0.5) is 4.79 Å². The van der Waals surface area contributed by atoms with Crippen molar-refractivity contribution in [3.05, 3.63) is 39.0 Å². The quantitative estimate of drug-likeness (QED) is 0.700. The van der Waals surface area contributed by atoms with Crippen molar-refractivity contribution in [1.29, 1.82) is 0 Å². The number of urea groups is 1. The number of esters is 1. The molecule has 0 saturated carbocycles. The van der Waals surface area contributed by atoms with Crippen molar-refractivity contribution in [1.82, 2.24) is 10.6 Å². The monoisotopic (exact) mass is 400 g/mol. The second-order valence-electron chi connectivity index (χ2n) is 5.98. The molecule has 1 atom stereocenters. The zero-order valence-corrected chi connectivity index (χ0v) is 16.6. The average Bonchev–Trinajstić information content (AvgIpc) is 2.57. The maximum absolute atomic E-state index is 12.6. The van der Waals surface area contributed by atoms with Gasteiger partial charge >= 0.3 is 12.0 Å². The summed E-state index contributed by atoms with van der Waals surface area (Å²) in [6, 6.07) is 2.12. The van der Waals surface area contributed by atoms with E-state index < -0.39 is 18.0 Å². The van der Waals surface area contributed by atoms with E-state index in [0.29, 0.717) is 39.2 Å². The lowest BCUT2D eigenvalue weighted by atomic mass is 9.91. The van der Waals surface area contributed by atoms with Crippen molar-refractivity contribution >= 4 is 35.2 Å². The molecule has 142 valence electrons. The van der Waals surface area contributed by atoms with E-state index in [2.05, 4.69) is 10.6 Å². The Morgan fingerprint density at radius 3 is 2.31 bits per heavy atom. The van der Waals surface area contributed by atoms with Gasteiger partial charge in [0.1, 0.15) is 0 Å². The summed E-state index contributed by atoms with van der Waals surface area (Å²) in [6.45, 7) is 7.95. The van der Waals surface area contributed by atoms with Crippen LogP contribution in [-0.4, -0.2) is 25.2 Å². The van der Waals surface area contributed by atoms with Crippen LogP contribution in [0.1, 0.15) is 39.3 Å². The van der Waals surface area contributed by atoms with Crippen molar-refractivity contribution in [2.75, 3.05) is 13.2 Å². The van der Waals surface area contributed by atoms with Crippen molar-refractivity contribution in [2.24, 2.45) is 5.92 Å². The van der Waals surface area contributed by atoms with Crippen molar-refractivity contribution in [2.45, 2.75) is 33.7 Å². The molecule has 1 heterocycles. The van der Waals surface area contributed by atoms with Crippen LogP contribution in [0.15, 0.2) is 23.4 Å². The Balaban J connectivity index is 2.59. The van der Waals surface area contributed by atoms with Gasteiger partial charge in [-0.3, -0.25) is 0 Å². The fourth-order valence-corrected chi connectivity index (χ4v) is 3.37. The molecule has 6 nitrogen and oxygen atoms in total. The predicted molar refractivity (Wildman–Crippen MR) is 101 cm³/mol. The normalized spacial score (nSPS) is 17.0. The van der Waals surface area contributed by atoms with Crippen molar-refractivity contribution in [3.63, 3.8) is 0 Å². The first-order chi connectivity index (χ1) is 12.3. The molecule has 0 aliphatic carbocycles. The van der Waals surface area contributed by atoms with Crippen LogP contribution in [0.25, 0.3) is 0 Å². The zero-order chi connectivity index (χ0) is 19.4. The summed E-state index contributed by atoms with van der Waals surface area (Å²) in [4.78, 5) is 24.7. The predicted octanol–water partition coefficient (Wildman–Crippen LogP) is 4.22. The van der Waals surface area contributed by atoms with Crippen molar-refractivity contribution in [3.8, 4) is 5.75 Å². The van der Waals surface area contributed by atoms with Crippen LogP contribution in [0, 0.1) is 5.92 Å². The van der Waals surface area contributed by atoms with Crippen LogP contribution in [-0.2, 0) is 9.53 Å². The van der Waals surface area contributed by atoms with Gasteiger partial charge in [-0.15, -0.1) is 0 Å². The van der Waals surface area contributed by atoms with Gasteiger partial charge in [-0.1, -0.05) is 37.0 Å². The van der Waals surface area contributed by atoms with Crippen LogP contribution >= 0.6 is 23.2 Å². The molecular weight excluding hydrogens is 379 g/mol. The van der Waals surface area contributed by atoms with E-state index in [9.17, 15) is 9.59 Å². The molecule has 2 rings (SSSR count). The maximum atomic E-state index is 12.6. The third-order valence-electron chi connectivity index (χ3n) is 3.82. The van der Waals surface area contributed by atoms with Crippen LogP contribution in [0.5, 0.6) is 5.75 Å². The fraction of sp³-hybridized carbons (Fsp3) is 0.444. The van der Waals surface area contributed by atoms with Crippen LogP contribution < -0.4 is 15.4 Å². The van der Waals surface area contributed by atoms with Gasteiger partial charge in [-0.05, 0) is 37.5 Å². The first-order valence-corrected chi connectivity index (χ1v) is 9.16. The Morgan fingerprint density at radius 1 is 1.19 bits per heavy atom. The number of hydrogen-bond donors (Lipinski definition) is 2. The molecule has 0 bridgehead atoms. The molecule has 1 aromatic carbocycles. The van der Waals surface area contributed by atoms with Gasteiger partial charge in [0.25, 0.3) is 0 Å². The number of allylic oxidation sites excluding steroid dienone is 1. The van der Waals surface area contributed by atoms with E-state index in [0.717, 1.165) is 0 Å². The molecule has 1 unspecified atom stereocenters. The molecule has 1 aromatic rings. The Hall–Kier alpha value is -1.92. The molecular formula is C18H22Cl2N2O4. The number of hydrogen-bond acceptors (Lipinski definition) is 4. The number of halogens is 2. The lowest BCUT2D eigenvalue weighted by Gasteiger charge is -2.31. The first kappa shape index (κ1) is 20.4. The van der Waals surface area contributed by atoms with E-state index in [1.165, 1.54) is 0 Å². The van der Waals surface area contributed by atoms with Gasteiger partial charge in [0.15, 0.2) is 5.75 Å². The zero-order valence-electron chi connectivity index (χ0n) is 15.1. The molecule has 0 radical (unpaired) electrons. The Morgan fingerprint density at radius 2 is 1.81 bits per heavy atom. The minimum atomic E-state index is -0.731. The van der Waals surface area contributed by atoms with Gasteiger partial charge in [0.2, 0.25) is 0 Å². The summed E-state index contributed by atoms with van der Waals surface area (Å²) in [6.07, 6.45) is 0. The third-order valence-corrected chi connectivity index (χ3v) is 4.38. The van der Waals surface area contributed by atoms with E-state index in [4.69, 9.17) is 32.7 Å². The number of amides is 2. The molecule has 0 spiro atoms. The van der Waals surface area contributed by atoms with Crippen LogP contribution in [0.3, 0.4) is 0 Å². The largest absolute Gasteiger partial charge is 0.491 e. The van der Waals surface area contributed by atoms with Gasteiger partial charge in [-0.25, -0.2) is 9.59 Å². The molecule has 0 saturated heterocycles. The second kappa shape index (κ2) is 8.64. The smallest absolute Gasteiger partial charge is 0.338 e. The minimum Gasteiger partial charge on any atom is -0.491 e. The Labute approximate surface area is 162 Å². The van der Waals surface area contributed by atoms with E-state index in [1.54, 1.807) is 19.1 Å². The van der Waals surface area contributed by atoms with Gasteiger partial charge < -0.3 is 20.1 Å². The van der Waals surface area contributed by atoms with Gasteiger partial charge in [0, 0.05) is 5.70 Å². The number of ether oxygens (including phenoxy) is 2. The van der Waals surface area contributed by atoms with E-state index in [1.807, 2.05) is 20.8 Å². The molecule has 2 amide bonds. The van der Waals surface area contributed by atoms with Gasteiger partial charge in [0.05, 0.1) is 34.9 Å². The SMILES string of the molecule is CCOC(=O)C1=C(C(C)C)NC(=O)NC1c1cc(Cl)c(OCC)c(Cl)c1. The summed E-state index contributed by atoms with van der Waals surface area (Å²) in [5.74, 6) is -0.225. The minimum absolute atomic E-state index is 0.0865. The van der Waals surface area contributed by atoms with Crippen molar-refractivity contribution < 1.29 is 19.1 Å². The topological polar surface area (TPSA) is 76.7 Å². The summed E-state index contributed by atoms with van der Waals surface area (Å²) in [5, 5.41) is 6.05. The highest BCUT2D eigenvalue weighted by atomic mass is 35.5. The molecule has 8 heteroatoms. The highest BCUT2D eigenvalue weighted by Crippen LogP contribution is 2.39. The average molecular weight is 401 g/mol. The number of rotatable bonds is 6. The Bertz CT molecular complexity index is 724. The van der Waals surface area contributed by atoms with Crippen LogP contribution in [0.2, 0.25) is 10.0 Å². The lowest BCUT2D eigenvalue weighted by Crippen LogP contribution is -2.47. The number of carbonyl (C=O) groups is 2. The molecule has 2 N–H and O–H groups in total.